The molecule has 2 aromatic heterocycles. The first kappa shape index (κ1) is 35.5. The fourth-order valence-corrected chi connectivity index (χ4v) is 18.5. The molecular weight excluding hydrogens is 704 g/mol. The average Bonchev–Trinajstić information content (AvgIpc) is 3.51. The monoisotopic (exact) mass is 748 g/mol. The molecule has 3 aromatic carbocycles. The van der Waals surface area contributed by atoms with Crippen molar-refractivity contribution >= 4 is 68.4 Å². The molecule has 12 heteroatoms. The van der Waals surface area contributed by atoms with Crippen molar-refractivity contribution in [2.24, 2.45) is 10.8 Å². The SMILES string of the molecule is CNOC12CC3(C)CC(CN/C(C)=C(\C=N)c4ccc(-c5ccc6cccc(C(=O)Nc7nc8ccccc8s7)c6c5)nc4C(=O)O)(C1)C[PH](C)(C3)C2. The minimum absolute atomic E-state index is 0.0910. The van der Waals surface area contributed by atoms with Gasteiger partial charge in [0.2, 0.25) is 0 Å². The number of hydroxylamine groups is 1. The van der Waals surface area contributed by atoms with Crippen LogP contribution in [0.5, 0.6) is 0 Å². The summed E-state index contributed by atoms with van der Waals surface area (Å²) in [5.41, 5.74) is 7.17. The van der Waals surface area contributed by atoms with E-state index in [2.05, 4.69) is 39.7 Å². The van der Waals surface area contributed by atoms with Gasteiger partial charge >= 0.3 is 202 Å². The second-order valence-corrected chi connectivity index (χ2v) is 22.0. The van der Waals surface area contributed by atoms with E-state index in [1.165, 1.54) is 36.0 Å². The number of benzene rings is 3. The van der Waals surface area contributed by atoms with Gasteiger partial charge in [-0.1, -0.05) is 41.7 Å². The van der Waals surface area contributed by atoms with Crippen LogP contribution in [0.4, 0.5) is 5.13 Å². The molecule has 3 aliphatic heterocycles. The van der Waals surface area contributed by atoms with Crippen LogP contribution >= 0.6 is 18.6 Å². The molecule has 5 heterocycles. The van der Waals surface area contributed by atoms with Gasteiger partial charge < -0.3 is 0 Å². The third kappa shape index (κ3) is 6.54. The third-order valence-corrected chi connectivity index (χ3v) is 17.3. The average molecular weight is 749 g/mol. The zero-order chi connectivity index (χ0) is 37.2. The molecule has 1 amide bonds. The zero-order valence-electron chi connectivity index (χ0n) is 30.4. The molecule has 3 atom stereocenters. The summed E-state index contributed by atoms with van der Waals surface area (Å²) in [4.78, 5) is 41.8. The summed E-state index contributed by atoms with van der Waals surface area (Å²) < 4.78 is 0.986. The van der Waals surface area contributed by atoms with E-state index in [9.17, 15) is 14.7 Å². The third-order valence-electron chi connectivity index (χ3n) is 11.6. The Labute approximate surface area is 313 Å². The molecule has 274 valence electrons. The first-order valence-electron chi connectivity index (χ1n) is 18.1. The van der Waals surface area contributed by atoms with Crippen LogP contribution in [0.1, 0.15) is 59.5 Å². The molecule has 10 nitrogen and oxygen atoms in total. The van der Waals surface area contributed by atoms with Gasteiger partial charge in [0.25, 0.3) is 5.91 Å². The van der Waals surface area contributed by atoms with Gasteiger partial charge in [-0.25, -0.2) is 4.98 Å². The molecule has 5 aromatic rings. The van der Waals surface area contributed by atoms with Crippen LogP contribution in [0.2, 0.25) is 0 Å². The molecule has 4 bridgehead atoms. The van der Waals surface area contributed by atoms with Crippen molar-refractivity contribution in [1.29, 1.82) is 5.41 Å². The van der Waals surface area contributed by atoms with E-state index >= 15 is 0 Å². The standard InChI is InChI=1S/C41H45N6O4PS/c1-25(44-21-40-18-39(2)19-41(20-40,51-43-3)24-52(4,22-39)23-40)31(17-42)28-14-15-32(45-35(28)37(49)50)27-13-12-26-8-7-9-29(30(26)16-27)36(48)47-38-46-33-10-5-6-11-34(33)53-38/h5-17,42-44,52H,18-24H2,1-4H3,(H,49,50)(H,46,47,48)/b31-25+,42-17?. The van der Waals surface area contributed by atoms with Gasteiger partial charge in [-0.15, -0.1) is 0 Å². The number of carbonyl (C=O) groups is 2. The van der Waals surface area contributed by atoms with Gasteiger partial charge in [0, 0.05) is 5.56 Å². The van der Waals surface area contributed by atoms with Crippen molar-refractivity contribution in [3.05, 3.63) is 95.3 Å². The van der Waals surface area contributed by atoms with Crippen molar-refractivity contribution in [1.82, 2.24) is 20.8 Å². The summed E-state index contributed by atoms with van der Waals surface area (Å²) in [6, 6.07) is 22.5. The number of fused-ring (bicyclic) bond motifs is 2. The Kier molecular flexibility index (Phi) is 8.77. The summed E-state index contributed by atoms with van der Waals surface area (Å²) in [6.07, 6.45) is 8.22. The van der Waals surface area contributed by atoms with Gasteiger partial charge in [-0.2, -0.15) is 0 Å². The van der Waals surface area contributed by atoms with E-state index in [-0.39, 0.29) is 28.0 Å². The van der Waals surface area contributed by atoms with Gasteiger partial charge in [-0.05, 0) is 29.0 Å². The Hall–Kier alpha value is -4.54. The number of hydrogen-bond donors (Lipinski definition) is 5. The van der Waals surface area contributed by atoms with Crippen LogP contribution < -0.4 is 16.1 Å². The number of carbonyl (C=O) groups excluding carboxylic acids is 1. The minimum atomic E-state index is -1.52. The number of thiazole rings is 1. The number of nitrogens with one attached hydrogen (secondary N) is 4. The van der Waals surface area contributed by atoms with E-state index < -0.39 is 13.2 Å². The van der Waals surface area contributed by atoms with Crippen molar-refractivity contribution in [3.63, 3.8) is 0 Å². The number of rotatable bonds is 11. The number of pyridine rings is 1. The maximum atomic E-state index is 13.5. The molecule has 3 unspecified atom stereocenters. The Balaban J connectivity index is 1.08. The number of carboxylic acid groups (broad SMARTS) is 1. The van der Waals surface area contributed by atoms with Crippen LogP contribution in [0, 0.1) is 16.2 Å². The topological polar surface area (TPSA) is 149 Å². The second-order valence-electron chi connectivity index (χ2n) is 16.3. The zero-order valence-corrected chi connectivity index (χ0v) is 32.2. The van der Waals surface area contributed by atoms with Crippen LogP contribution in [-0.2, 0) is 4.84 Å². The van der Waals surface area contributed by atoms with Gasteiger partial charge in [0.05, 0.1) is 10.2 Å². The molecule has 0 radical (unpaired) electrons. The molecular formula is C41H45N6O4PS. The van der Waals surface area contributed by atoms with Crippen molar-refractivity contribution in [2.45, 2.75) is 38.7 Å². The molecule has 1 aliphatic carbocycles. The Morgan fingerprint density at radius 3 is 2.58 bits per heavy atom. The summed E-state index contributed by atoms with van der Waals surface area (Å²) in [7, 11) is 0.344. The van der Waals surface area contributed by atoms with Crippen LogP contribution in [0.3, 0.4) is 0 Å². The summed E-state index contributed by atoms with van der Waals surface area (Å²) >= 11 is 1.42. The van der Waals surface area contributed by atoms with Crippen molar-refractivity contribution in [2.75, 3.05) is 44.1 Å². The first-order valence-corrected chi connectivity index (χ1v) is 22.0. The molecule has 5 N–H and O–H groups in total. The number of aromatic carboxylic acids is 1. The molecule has 9 rings (SSSR count). The van der Waals surface area contributed by atoms with E-state index in [4.69, 9.17) is 10.2 Å². The van der Waals surface area contributed by atoms with E-state index in [1.54, 1.807) is 18.2 Å². The summed E-state index contributed by atoms with van der Waals surface area (Å²) in [5, 5.41) is 27.5. The number of carboxylic acids is 1. The van der Waals surface area contributed by atoms with Crippen LogP contribution in [0.25, 0.3) is 37.8 Å². The fourth-order valence-electron chi connectivity index (χ4n) is 10.9. The first-order chi connectivity index (χ1) is 25.3. The fraction of sp³-hybridized carbons (Fsp3) is 0.341. The molecule has 3 saturated heterocycles. The predicted octanol–water partition coefficient (Wildman–Crippen LogP) is 7.91. The number of hydrogen-bond acceptors (Lipinski definition) is 9. The molecule has 53 heavy (non-hydrogen) atoms. The number of anilines is 1. The molecule has 1 saturated carbocycles. The van der Waals surface area contributed by atoms with Crippen LogP contribution in [0.15, 0.2) is 78.5 Å². The Morgan fingerprint density at radius 2 is 1.83 bits per heavy atom. The quantitative estimate of drug-likeness (QED) is 0.0520. The second kappa shape index (κ2) is 13.1. The molecule has 4 aliphatic rings. The van der Waals surface area contributed by atoms with Crippen molar-refractivity contribution in [3.8, 4) is 11.3 Å². The van der Waals surface area contributed by atoms with Crippen molar-refractivity contribution < 1.29 is 19.5 Å². The maximum absolute atomic E-state index is 13.5. The predicted molar refractivity (Wildman–Crippen MR) is 217 cm³/mol. The van der Waals surface area contributed by atoms with E-state index in [0.29, 0.717) is 38.5 Å². The number of aromatic nitrogens is 2. The van der Waals surface area contributed by atoms with Gasteiger partial charge in [-0.3, -0.25) is 10.1 Å². The number of allylic oxidation sites excluding steroid dienone is 2. The molecule has 4 fully saturated rings. The van der Waals surface area contributed by atoms with Gasteiger partial charge in [0.1, 0.15) is 0 Å². The summed E-state index contributed by atoms with van der Waals surface area (Å²) in [6.45, 7) is 7.65. The van der Waals surface area contributed by atoms with E-state index in [1.807, 2.05) is 68.6 Å². The Bertz CT molecular complexity index is 2300. The normalized spacial score (nSPS) is 25.2. The van der Waals surface area contributed by atoms with Gasteiger partial charge in [0.15, 0.2) is 5.13 Å². The molecule has 0 spiro atoms. The Morgan fingerprint density at radius 1 is 1.00 bits per heavy atom. The number of para-hydroxylation sites is 1. The number of nitrogens with zero attached hydrogens (tertiary/aromatic N) is 2. The number of amides is 1. The van der Waals surface area contributed by atoms with Crippen LogP contribution in [-0.4, -0.2) is 77.5 Å². The van der Waals surface area contributed by atoms with E-state index in [0.717, 1.165) is 47.1 Å². The summed E-state index contributed by atoms with van der Waals surface area (Å²) in [5.74, 6) is -1.46.